The van der Waals surface area contributed by atoms with Crippen LogP contribution in [-0.4, -0.2) is 21.0 Å². The smallest absolute Gasteiger partial charge is 0.258 e. The summed E-state index contributed by atoms with van der Waals surface area (Å²) in [5, 5.41) is 22.2. The van der Waals surface area contributed by atoms with Crippen molar-refractivity contribution in [1.82, 2.24) is 4.98 Å². The van der Waals surface area contributed by atoms with Crippen molar-refractivity contribution in [3.8, 4) is 21.7 Å². The molecule has 0 spiro atoms. The number of benzene rings is 3. The van der Waals surface area contributed by atoms with Gasteiger partial charge in [0.1, 0.15) is 0 Å². The minimum Gasteiger partial charge on any atom is -0.258 e. The van der Waals surface area contributed by atoms with Gasteiger partial charge < -0.3 is 0 Å². The van der Waals surface area contributed by atoms with Crippen LogP contribution in [0.5, 0.6) is 0 Å². The molecule has 0 N–H and O–H groups in total. The maximum atomic E-state index is 11.0. The molecule has 152 valence electrons. The van der Waals surface area contributed by atoms with Gasteiger partial charge in [0.15, 0.2) is 0 Å². The van der Waals surface area contributed by atoms with E-state index in [1.807, 2.05) is 30.3 Å². The van der Waals surface area contributed by atoms with Crippen LogP contribution in [0, 0.1) is 20.2 Å². The van der Waals surface area contributed by atoms with E-state index in [2.05, 4.69) is 9.98 Å². The van der Waals surface area contributed by atoms with E-state index in [0.29, 0.717) is 10.7 Å². The molecule has 0 aliphatic heterocycles. The Morgan fingerprint density at radius 1 is 0.774 bits per heavy atom. The molecule has 0 radical (unpaired) electrons. The Morgan fingerprint density at radius 3 is 1.94 bits per heavy atom. The molecule has 0 saturated carbocycles. The number of nitro benzene ring substituents is 2. The fourth-order valence-corrected chi connectivity index (χ4v) is 3.84. The molecule has 0 bridgehead atoms. The lowest BCUT2D eigenvalue weighted by Crippen LogP contribution is -1.88. The molecule has 4 rings (SSSR count). The van der Waals surface area contributed by atoms with Gasteiger partial charge in [-0.15, -0.1) is 0 Å². The zero-order valence-electron chi connectivity index (χ0n) is 15.9. The van der Waals surface area contributed by atoms with Gasteiger partial charge in [-0.1, -0.05) is 41.7 Å². The number of thiazole rings is 1. The fourth-order valence-electron chi connectivity index (χ4n) is 2.90. The molecule has 0 unspecified atom stereocenters. The van der Waals surface area contributed by atoms with Crippen molar-refractivity contribution in [2.24, 2.45) is 4.99 Å². The highest BCUT2D eigenvalue weighted by Gasteiger charge is 2.16. The summed E-state index contributed by atoms with van der Waals surface area (Å²) < 4.78 is 0. The van der Waals surface area contributed by atoms with E-state index < -0.39 is 9.85 Å². The summed E-state index contributed by atoms with van der Waals surface area (Å²) in [4.78, 5) is 30.8. The number of rotatable bonds is 6. The van der Waals surface area contributed by atoms with Gasteiger partial charge in [0, 0.05) is 36.0 Å². The average Bonchev–Trinajstić information content (AvgIpc) is 3.23. The van der Waals surface area contributed by atoms with Gasteiger partial charge in [-0.3, -0.25) is 20.2 Å². The van der Waals surface area contributed by atoms with Gasteiger partial charge in [-0.25, -0.2) is 9.98 Å². The summed E-state index contributed by atoms with van der Waals surface area (Å²) in [5.41, 5.74) is 3.18. The average molecular weight is 430 g/mol. The molecule has 4 aromatic rings. The largest absolute Gasteiger partial charge is 0.269 e. The first-order chi connectivity index (χ1) is 15.0. The second kappa shape index (κ2) is 8.64. The monoisotopic (exact) mass is 430 g/mol. The van der Waals surface area contributed by atoms with Crippen LogP contribution in [0.15, 0.2) is 83.9 Å². The minimum absolute atomic E-state index is 0.0122. The number of nitrogens with zero attached hydrogens (tertiary/aromatic N) is 4. The molecule has 0 atom stereocenters. The molecule has 1 heterocycles. The molecule has 1 aromatic heterocycles. The Balaban J connectivity index is 1.71. The van der Waals surface area contributed by atoms with Crippen LogP contribution in [0.25, 0.3) is 21.7 Å². The van der Waals surface area contributed by atoms with Crippen LogP contribution in [0.3, 0.4) is 0 Å². The Morgan fingerprint density at radius 2 is 1.35 bits per heavy atom. The molecule has 0 aliphatic rings. The summed E-state index contributed by atoms with van der Waals surface area (Å²) in [6.07, 6.45) is 1.59. The highest BCUT2D eigenvalue weighted by Crippen LogP contribution is 2.40. The molecule has 9 heteroatoms. The zero-order chi connectivity index (χ0) is 21.8. The first-order valence-corrected chi connectivity index (χ1v) is 9.92. The summed E-state index contributed by atoms with van der Waals surface area (Å²) in [6.45, 7) is 0. The van der Waals surface area contributed by atoms with Crippen LogP contribution in [0.4, 0.5) is 16.5 Å². The van der Waals surface area contributed by atoms with Crippen LogP contribution < -0.4 is 0 Å². The zero-order valence-corrected chi connectivity index (χ0v) is 16.7. The van der Waals surface area contributed by atoms with E-state index in [1.165, 1.54) is 35.6 Å². The molecular formula is C22H14N4O4S. The van der Waals surface area contributed by atoms with Crippen molar-refractivity contribution in [3.63, 3.8) is 0 Å². The van der Waals surface area contributed by atoms with E-state index >= 15 is 0 Å². The molecule has 8 nitrogen and oxygen atoms in total. The third kappa shape index (κ3) is 4.51. The predicted octanol–water partition coefficient (Wildman–Crippen LogP) is 6.04. The maximum Gasteiger partial charge on any atom is 0.269 e. The lowest BCUT2D eigenvalue weighted by Gasteiger charge is -2.02. The second-order valence-corrected chi connectivity index (χ2v) is 7.43. The standard InChI is InChI=1S/C22H14N4O4S/c27-25(28)18-10-6-15(7-11-18)14-23-22-24-20(16-4-2-1-3-5-16)21(31-22)17-8-12-19(13-9-17)26(29)30/h1-14H. The van der Waals surface area contributed by atoms with Crippen LogP contribution >= 0.6 is 11.3 Å². The van der Waals surface area contributed by atoms with Crippen LogP contribution in [-0.2, 0) is 0 Å². The number of aliphatic imine (C=N–C) groups is 1. The molecule has 0 saturated heterocycles. The number of hydrogen-bond donors (Lipinski definition) is 0. The van der Waals surface area contributed by atoms with E-state index in [1.54, 1.807) is 30.5 Å². The van der Waals surface area contributed by atoms with Crippen LogP contribution in [0.2, 0.25) is 0 Å². The predicted molar refractivity (Wildman–Crippen MR) is 120 cm³/mol. The SMILES string of the molecule is O=[N+]([O-])c1ccc(C=Nc2nc(-c3ccccc3)c(-c3ccc([N+](=O)[O-])cc3)s2)cc1. The molecule has 0 fully saturated rings. The number of aromatic nitrogens is 1. The molecule has 31 heavy (non-hydrogen) atoms. The summed E-state index contributed by atoms with van der Waals surface area (Å²) in [7, 11) is 0. The number of hydrogen-bond acceptors (Lipinski definition) is 7. The highest BCUT2D eigenvalue weighted by molar-refractivity contribution is 7.19. The molecule has 0 amide bonds. The molecule has 0 aliphatic carbocycles. The van der Waals surface area contributed by atoms with Crippen molar-refractivity contribution in [3.05, 3.63) is 105 Å². The Bertz CT molecular complexity index is 1270. The van der Waals surface area contributed by atoms with Gasteiger partial charge in [0.25, 0.3) is 11.4 Å². The number of nitro groups is 2. The number of non-ortho nitro benzene ring substituents is 2. The fraction of sp³-hybridized carbons (Fsp3) is 0. The Labute approximate surface area is 180 Å². The molecular weight excluding hydrogens is 416 g/mol. The quantitative estimate of drug-likeness (QED) is 0.210. The summed E-state index contributed by atoms with van der Waals surface area (Å²) in [5.74, 6) is 0. The van der Waals surface area contributed by atoms with Crippen molar-refractivity contribution < 1.29 is 9.85 Å². The van der Waals surface area contributed by atoms with Gasteiger partial charge in [0.05, 0.1) is 20.4 Å². The third-order valence-corrected chi connectivity index (χ3v) is 5.44. The van der Waals surface area contributed by atoms with Gasteiger partial charge >= 0.3 is 0 Å². The van der Waals surface area contributed by atoms with Crippen molar-refractivity contribution >= 4 is 34.1 Å². The van der Waals surface area contributed by atoms with Gasteiger partial charge in [0.2, 0.25) is 5.13 Å². The topological polar surface area (TPSA) is 112 Å². The van der Waals surface area contributed by atoms with Gasteiger partial charge in [-0.05, 0) is 35.4 Å². The normalized spacial score (nSPS) is 11.0. The first kappa shape index (κ1) is 20.0. The highest BCUT2D eigenvalue weighted by atomic mass is 32.1. The summed E-state index contributed by atoms with van der Waals surface area (Å²) in [6, 6.07) is 22.0. The lowest BCUT2D eigenvalue weighted by molar-refractivity contribution is -0.385. The lowest BCUT2D eigenvalue weighted by atomic mass is 10.1. The Hall–Kier alpha value is -4.24. The first-order valence-electron chi connectivity index (χ1n) is 9.11. The van der Waals surface area contributed by atoms with Crippen molar-refractivity contribution in [2.45, 2.75) is 0 Å². The van der Waals surface area contributed by atoms with E-state index in [0.717, 1.165) is 21.7 Å². The molecule has 3 aromatic carbocycles. The van der Waals surface area contributed by atoms with E-state index in [-0.39, 0.29) is 11.4 Å². The Kier molecular flexibility index (Phi) is 5.59. The minimum atomic E-state index is -0.454. The van der Waals surface area contributed by atoms with Crippen molar-refractivity contribution in [1.29, 1.82) is 0 Å². The summed E-state index contributed by atoms with van der Waals surface area (Å²) >= 11 is 1.36. The van der Waals surface area contributed by atoms with Gasteiger partial charge in [-0.2, -0.15) is 0 Å². The van der Waals surface area contributed by atoms with Crippen LogP contribution in [0.1, 0.15) is 5.56 Å². The van der Waals surface area contributed by atoms with Crippen molar-refractivity contribution in [2.75, 3.05) is 0 Å². The second-order valence-electron chi connectivity index (χ2n) is 6.45. The van der Waals surface area contributed by atoms with E-state index in [4.69, 9.17) is 0 Å². The third-order valence-electron chi connectivity index (χ3n) is 4.43. The van der Waals surface area contributed by atoms with E-state index in [9.17, 15) is 20.2 Å². The maximum absolute atomic E-state index is 11.0.